The first kappa shape index (κ1) is 14.9. The van der Waals surface area contributed by atoms with Gasteiger partial charge in [-0.2, -0.15) is 10.2 Å². The third-order valence-corrected chi connectivity index (χ3v) is 5.24. The normalized spacial score (nSPS) is 19.2. The summed E-state index contributed by atoms with van der Waals surface area (Å²) in [5, 5.41) is 16.1. The van der Waals surface area contributed by atoms with Gasteiger partial charge in [0, 0.05) is 48.1 Å². The van der Waals surface area contributed by atoms with Crippen molar-refractivity contribution in [3.05, 3.63) is 35.2 Å². The summed E-state index contributed by atoms with van der Waals surface area (Å²) in [6, 6.07) is 6.04. The second-order valence-corrected chi connectivity index (χ2v) is 7.20. The van der Waals surface area contributed by atoms with Gasteiger partial charge in [0.05, 0.1) is 11.2 Å². The van der Waals surface area contributed by atoms with E-state index in [1.165, 1.54) is 23.9 Å². The number of aromatic amines is 1. The predicted octanol–water partition coefficient (Wildman–Crippen LogP) is 4.04. The van der Waals surface area contributed by atoms with Crippen molar-refractivity contribution in [2.75, 3.05) is 5.32 Å². The summed E-state index contributed by atoms with van der Waals surface area (Å²) in [5.41, 5.74) is 4.45. The largest absolute Gasteiger partial charge is 0.338 e. The molecule has 2 N–H and O–H groups in total. The van der Waals surface area contributed by atoms with Crippen molar-refractivity contribution in [1.29, 1.82) is 0 Å². The molecule has 25 heavy (non-hydrogen) atoms. The molecule has 0 bridgehead atoms. The maximum atomic E-state index is 13.7. The van der Waals surface area contributed by atoms with Crippen molar-refractivity contribution in [3.63, 3.8) is 0 Å². The Labute approximate surface area is 143 Å². The Morgan fingerprint density at radius 2 is 2.16 bits per heavy atom. The van der Waals surface area contributed by atoms with E-state index in [4.69, 9.17) is 0 Å². The van der Waals surface area contributed by atoms with Gasteiger partial charge in [-0.15, -0.1) is 0 Å². The van der Waals surface area contributed by atoms with Gasteiger partial charge in [0.25, 0.3) is 5.92 Å². The number of rotatable bonds is 3. The Morgan fingerprint density at radius 1 is 1.32 bits per heavy atom. The number of anilines is 2. The molecule has 5 nitrogen and oxygen atoms in total. The third-order valence-electron chi connectivity index (χ3n) is 5.24. The van der Waals surface area contributed by atoms with Gasteiger partial charge in [0.1, 0.15) is 0 Å². The van der Waals surface area contributed by atoms with E-state index in [0.29, 0.717) is 23.7 Å². The minimum absolute atomic E-state index is 0.118. The fraction of sp³-hybridized carbons (Fsp3) is 0.444. The van der Waals surface area contributed by atoms with Crippen molar-refractivity contribution < 1.29 is 8.78 Å². The van der Waals surface area contributed by atoms with Crippen molar-refractivity contribution in [3.8, 4) is 0 Å². The molecule has 0 amide bonds. The fourth-order valence-electron chi connectivity index (χ4n) is 3.71. The summed E-state index contributed by atoms with van der Waals surface area (Å²) in [5.74, 6) is -1.57. The van der Waals surface area contributed by atoms with Gasteiger partial charge in [0.15, 0.2) is 5.82 Å². The lowest BCUT2D eigenvalue weighted by atomic mass is 9.94. The Bertz CT molecular complexity index is 967. The summed E-state index contributed by atoms with van der Waals surface area (Å²) in [6.07, 6.45) is 2.37. The molecule has 2 aliphatic carbocycles. The highest BCUT2D eigenvalue weighted by Crippen LogP contribution is 2.43. The smallest absolute Gasteiger partial charge is 0.252 e. The summed E-state index contributed by atoms with van der Waals surface area (Å²) in [4.78, 5) is 0. The lowest BCUT2D eigenvalue weighted by Gasteiger charge is -2.21. The molecule has 3 aromatic rings. The Morgan fingerprint density at radius 3 is 2.96 bits per heavy atom. The molecule has 0 aliphatic heterocycles. The summed E-state index contributed by atoms with van der Waals surface area (Å²) >= 11 is 0. The van der Waals surface area contributed by atoms with Gasteiger partial charge in [-0.1, -0.05) is 0 Å². The third kappa shape index (κ3) is 2.49. The second-order valence-electron chi connectivity index (χ2n) is 7.20. The molecular formula is C18H19F2N5. The van der Waals surface area contributed by atoms with Crippen molar-refractivity contribution in [1.82, 2.24) is 20.0 Å². The van der Waals surface area contributed by atoms with E-state index in [1.807, 2.05) is 23.9 Å². The number of hydrogen-bond donors (Lipinski definition) is 2. The topological polar surface area (TPSA) is 58.5 Å². The standard InChI is InChI=1S/C18H19F2N5/c1-25-15-8-11(4-5-12(15)16(24-25)10-2-3-10)21-17-13-9-18(19,20)7-6-14(13)22-23-17/h4-5,8,10H,2-3,6-7,9H2,1H3,(H2,21,22,23). The molecule has 7 heteroatoms. The predicted molar refractivity (Wildman–Crippen MR) is 91.5 cm³/mol. The maximum absolute atomic E-state index is 13.7. The van der Waals surface area contributed by atoms with Crippen LogP contribution in [0.2, 0.25) is 0 Å². The Kier molecular flexibility index (Phi) is 2.99. The van der Waals surface area contributed by atoms with E-state index in [0.717, 1.165) is 16.9 Å². The van der Waals surface area contributed by atoms with Crippen LogP contribution in [-0.4, -0.2) is 25.9 Å². The van der Waals surface area contributed by atoms with Crippen LogP contribution in [0.5, 0.6) is 0 Å². The van der Waals surface area contributed by atoms with Crippen molar-refractivity contribution >= 4 is 22.4 Å². The monoisotopic (exact) mass is 343 g/mol. The zero-order valence-corrected chi connectivity index (χ0v) is 13.9. The summed E-state index contributed by atoms with van der Waals surface area (Å²) in [6.45, 7) is 0. The maximum Gasteiger partial charge on any atom is 0.252 e. The summed E-state index contributed by atoms with van der Waals surface area (Å²) in [7, 11) is 1.94. The molecule has 2 aromatic heterocycles. The fourth-order valence-corrected chi connectivity index (χ4v) is 3.71. The van der Waals surface area contributed by atoms with Crippen LogP contribution in [0.3, 0.4) is 0 Å². The van der Waals surface area contributed by atoms with E-state index in [1.54, 1.807) is 0 Å². The number of benzene rings is 1. The molecule has 2 aliphatic rings. The highest BCUT2D eigenvalue weighted by atomic mass is 19.3. The van der Waals surface area contributed by atoms with Gasteiger partial charge in [0.2, 0.25) is 0 Å². The highest BCUT2D eigenvalue weighted by Gasteiger charge is 2.37. The number of halogens is 2. The van der Waals surface area contributed by atoms with Crippen LogP contribution in [0.15, 0.2) is 18.2 Å². The zero-order valence-electron chi connectivity index (χ0n) is 13.9. The van der Waals surface area contributed by atoms with Crippen LogP contribution in [0.4, 0.5) is 20.3 Å². The quantitative estimate of drug-likeness (QED) is 0.754. The number of nitrogens with zero attached hydrogens (tertiary/aromatic N) is 3. The average Bonchev–Trinajstić information content (AvgIpc) is 3.28. The minimum atomic E-state index is -2.65. The number of fused-ring (bicyclic) bond motifs is 2. The lowest BCUT2D eigenvalue weighted by Crippen LogP contribution is -2.25. The van der Waals surface area contributed by atoms with Crippen LogP contribution < -0.4 is 5.32 Å². The zero-order chi connectivity index (χ0) is 17.2. The molecule has 5 rings (SSSR count). The first-order valence-electron chi connectivity index (χ1n) is 8.68. The van der Waals surface area contributed by atoms with Gasteiger partial charge in [-0.25, -0.2) is 8.78 Å². The van der Waals surface area contributed by atoms with Crippen LogP contribution in [0, 0.1) is 0 Å². The Balaban J connectivity index is 1.49. The van der Waals surface area contributed by atoms with Gasteiger partial charge < -0.3 is 5.32 Å². The summed E-state index contributed by atoms with van der Waals surface area (Å²) < 4.78 is 29.4. The van der Waals surface area contributed by atoms with Crippen LogP contribution in [-0.2, 0) is 19.9 Å². The first-order valence-corrected chi connectivity index (χ1v) is 8.68. The SMILES string of the molecule is Cn1nc(C2CC2)c2ccc(Nc3n[nH]c4c3CC(F)(F)CC4)cc21. The number of aryl methyl sites for hydroxylation is 2. The number of aromatic nitrogens is 4. The number of alkyl halides is 2. The molecule has 0 radical (unpaired) electrons. The number of H-pyrrole nitrogens is 1. The highest BCUT2D eigenvalue weighted by molar-refractivity contribution is 5.86. The van der Waals surface area contributed by atoms with Crippen molar-refractivity contribution in [2.24, 2.45) is 7.05 Å². The van der Waals surface area contributed by atoms with E-state index in [2.05, 4.69) is 26.7 Å². The molecule has 1 fully saturated rings. The second kappa shape index (κ2) is 5.03. The number of nitrogens with one attached hydrogen (secondary N) is 2. The molecule has 0 saturated heterocycles. The van der Waals surface area contributed by atoms with E-state index in [-0.39, 0.29) is 12.8 Å². The van der Waals surface area contributed by atoms with E-state index >= 15 is 0 Å². The molecule has 1 saturated carbocycles. The molecule has 130 valence electrons. The molecule has 1 aromatic carbocycles. The average molecular weight is 343 g/mol. The first-order chi connectivity index (χ1) is 12.0. The van der Waals surface area contributed by atoms with Crippen LogP contribution in [0.1, 0.15) is 42.1 Å². The minimum Gasteiger partial charge on any atom is -0.338 e. The van der Waals surface area contributed by atoms with E-state index < -0.39 is 5.92 Å². The van der Waals surface area contributed by atoms with E-state index in [9.17, 15) is 8.78 Å². The molecule has 0 atom stereocenters. The molecule has 2 heterocycles. The molecule has 0 unspecified atom stereocenters. The van der Waals surface area contributed by atoms with Gasteiger partial charge >= 0.3 is 0 Å². The molecule has 0 spiro atoms. The van der Waals surface area contributed by atoms with Crippen LogP contribution >= 0.6 is 0 Å². The van der Waals surface area contributed by atoms with Gasteiger partial charge in [-0.05, 0) is 37.5 Å². The molecular weight excluding hydrogens is 324 g/mol. The Hall–Kier alpha value is -2.44. The van der Waals surface area contributed by atoms with Crippen molar-refractivity contribution in [2.45, 2.75) is 43.9 Å². The van der Waals surface area contributed by atoms with Crippen LogP contribution in [0.25, 0.3) is 10.9 Å². The lowest BCUT2D eigenvalue weighted by molar-refractivity contribution is -0.0123. The number of hydrogen-bond acceptors (Lipinski definition) is 3. The van der Waals surface area contributed by atoms with Gasteiger partial charge in [-0.3, -0.25) is 9.78 Å².